The van der Waals surface area contributed by atoms with E-state index in [1.165, 1.54) is 4.90 Å². The van der Waals surface area contributed by atoms with Crippen molar-refractivity contribution in [3.63, 3.8) is 0 Å². The molecule has 1 heterocycles. The van der Waals surface area contributed by atoms with Crippen molar-refractivity contribution in [2.45, 2.75) is 61.6 Å². The van der Waals surface area contributed by atoms with Crippen LogP contribution in [0.5, 0.6) is 0 Å². The number of carbonyl (C=O) groups excluding carboxylic acids is 1. The van der Waals surface area contributed by atoms with E-state index in [0.29, 0.717) is 19.3 Å². The second-order valence-corrected chi connectivity index (χ2v) is 10.7. The minimum Gasteiger partial charge on any atom is -0.444 e. The summed E-state index contributed by atoms with van der Waals surface area (Å²) in [6.45, 7) is 4.61. The van der Waals surface area contributed by atoms with Crippen molar-refractivity contribution in [1.29, 1.82) is 0 Å². The third-order valence-electron chi connectivity index (χ3n) is 3.31. The molecule has 0 aliphatic carbocycles. The van der Waals surface area contributed by atoms with Gasteiger partial charge >= 0.3 is 16.4 Å². The lowest BCUT2D eigenvalue weighted by Crippen LogP contribution is -2.52. The fraction of sp³-hybridized carbons (Fsp3) is 0.923. The van der Waals surface area contributed by atoms with Gasteiger partial charge in [0.15, 0.2) is 0 Å². The van der Waals surface area contributed by atoms with Gasteiger partial charge in [-0.2, -0.15) is 13.1 Å². The summed E-state index contributed by atoms with van der Waals surface area (Å²) in [5.41, 5.74) is 8.12. The molecule has 1 aliphatic heterocycles. The number of halogens is 3. The summed E-state index contributed by atoms with van der Waals surface area (Å²) in [5.74, 6) is 0. The first kappa shape index (κ1) is 24.4. The zero-order chi connectivity index (χ0) is 20.9. The van der Waals surface area contributed by atoms with E-state index in [4.69, 9.17) is 45.1 Å². The first-order valence-electron chi connectivity index (χ1n) is 8.01. The summed E-state index contributed by atoms with van der Waals surface area (Å²) < 4.78 is 34.6. The van der Waals surface area contributed by atoms with Crippen LogP contribution in [-0.2, 0) is 19.2 Å². The highest BCUT2D eigenvalue weighted by Gasteiger charge is 2.37. The molecule has 1 N–H and O–H groups in total. The van der Waals surface area contributed by atoms with Gasteiger partial charge in [0.25, 0.3) is 0 Å². The van der Waals surface area contributed by atoms with Crippen molar-refractivity contribution < 1.29 is 22.1 Å². The molecule has 10 nitrogen and oxygen atoms in total. The molecule has 0 unspecified atom stereocenters. The molecule has 14 heteroatoms. The van der Waals surface area contributed by atoms with E-state index in [-0.39, 0.29) is 6.54 Å². The molecule has 0 saturated carbocycles. The fourth-order valence-electron chi connectivity index (χ4n) is 2.34. The maximum absolute atomic E-state index is 12.5. The molecule has 1 amide bonds. The van der Waals surface area contributed by atoms with Gasteiger partial charge in [-0.25, -0.2) is 4.79 Å². The number of nitrogens with one attached hydrogen (secondary N) is 1. The highest BCUT2D eigenvalue weighted by molar-refractivity contribution is 7.84. The Hall–Kier alpha value is -0.680. The van der Waals surface area contributed by atoms with Gasteiger partial charge in [-0.05, 0) is 39.1 Å². The van der Waals surface area contributed by atoms with Gasteiger partial charge in [-0.15, -0.1) is 0 Å². The fourth-order valence-corrected chi connectivity index (χ4v) is 3.71. The second kappa shape index (κ2) is 9.69. The van der Waals surface area contributed by atoms with Gasteiger partial charge in [0, 0.05) is 11.5 Å². The average molecular weight is 467 g/mol. The minimum atomic E-state index is -4.33. The largest absolute Gasteiger partial charge is 0.444 e. The highest BCUT2D eigenvalue weighted by Crippen LogP contribution is 2.27. The van der Waals surface area contributed by atoms with Gasteiger partial charge in [0.1, 0.15) is 18.4 Å². The normalized spacial score (nSPS) is 21.9. The van der Waals surface area contributed by atoms with E-state index < -0.39 is 44.6 Å². The number of azide groups is 1. The number of hydrogen-bond acceptors (Lipinski definition) is 6. The van der Waals surface area contributed by atoms with Crippen LogP contribution >= 0.6 is 34.8 Å². The van der Waals surface area contributed by atoms with Crippen LogP contribution in [0.15, 0.2) is 5.11 Å². The number of alkyl halides is 3. The third-order valence-corrected chi connectivity index (χ3v) is 4.66. The van der Waals surface area contributed by atoms with Crippen molar-refractivity contribution in [2.75, 3.05) is 13.2 Å². The molecule has 1 rings (SSSR count). The Balaban J connectivity index is 3.02. The molecule has 1 fully saturated rings. The Morgan fingerprint density at radius 1 is 1.33 bits per heavy atom. The Labute approximate surface area is 173 Å². The van der Waals surface area contributed by atoms with E-state index in [2.05, 4.69) is 18.9 Å². The van der Waals surface area contributed by atoms with Gasteiger partial charge in [-0.1, -0.05) is 46.3 Å². The first-order valence-corrected chi connectivity index (χ1v) is 10.6. The number of nitrogens with zero attached hydrogens (tertiary/aromatic N) is 4. The van der Waals surface area contributed by atoms with Gasteiger partial charge in [0.05, 0.1) is 6.04 Å². The number of rotatable bonds is 5. The molecule has 0 aromatic heterocycles. The topological polar surface area (TPSA) is 134 Å². The van der Waals surface area contributed by atoms with Gasteiger partial charge in [0.2, 0.25) is 3.79 Å². The summed E-state index contributed by atoms with van der Waals surface area (Å²) in [6, 6.07) is -0.934. The van der Waals surface area contributed by atoms with Crippen LogP contribution in [0.25, 0.3) is 10.4 Å². The quantitative estimate of drug-likeness (QED) is 0.286. The maximum Gasteiger partial charge on any atom is 0.410 e. The Bertz CT molecular complexity index is 673. The second-order valence-electron chi connectivity index (χ2n) is 6.84. The first-order chi connectivity index (χ1) is 12.2. The summed E-state index contributed by atoms with van der Waals surface area (Å²) in [7, 11) is -4.33. The molecular formula is C13H22Cl3N5O5S. The van der Waals surface area contributed by atoms with Crippen molar-refractivity contribution in [1.82, 2.24) is 9.62 Å². The molecule has 156 valence electrons. The average Bonchev–Trinajstić information content (AvgIpc) is 2.66. The number of ether oxygens (including phenoxy) is 1. The van der Waals surface area contributed by atoms with Crippen LogP contribution in [0.1, 0.15) is 40.0 Å². The van der Waals surface area contributed by atoms with Crippen LogP contribution in [0.2, 0.25) is 0 Å². The molecule has 2 atom stereocenters. The van der Waals surface area contributed by atoms with Crippen LogP contribution in [0.3, 0.4) is 0 Å². The van der Waals surface area contributed by atoms with Crippen LogP contribution in [0, 0.1) is 0 Å². The lowest BCUT2D eigenvalue weighted by molar-refractivity contribution is 0.0151. The molecule has 27 heavy (non-hydrogen) atoms. The molecule has 1 aliphatic rings. The summed E-state index contributed by atoms with van der Waals surface area (Å²) >= 11 is 16.5. The predicted molar refractivity (Wildman–Crippen MR) is 102 cm³/mol. The smallest absolute Gasteiger partial charge is 0.410 e. The van der Waals surface area contributed by atoms with E-state index in [9.17, 15) is 13.2 Å². The molecule has 0 spiro atoms. The molecule has 0 aromatic carbocycles. The lowest BCUT2D eigenvalue weighted by Gasteiger charge is -2.33. The van der Waals surface area contributed by atoms with E-state index >= 15 is 0 Å². The monoisotopic (exact) mass is 465 g/mol. The van der Waals surface area contributed by atoms with Gasteiger partial charge in [-0.3, -0.25) is 9.08 Å². The van der Waals surface area contributed by atoms with Crippen LogP contribution < -0.4 is 4.72 Å². The van der Waals surface area contributed by atoms with Crippen molar-refractivity contribution in [2.24, 2.45) is 5.11 Å². The minimum absolute atomic E-state index is 0.242. The number of likely N-dealkylation sites (tertiary alicyclic amines) is 1. The number of amides is 1. The van der Waals surface area contributed by atoms with E-state index in [0.717, 1.165) is 0 Å². The Morgan fingerprint density at radius 3 is 2.48 bits per heavy atom. The maximum atomic E-state index is 12.5. The zero-order valence-electron chi connectivity index (χ0n) is 15.1. The molecule has 0 aromatic rings. The Morgan fingerprint density at radius 2 is 1.96 bits per heavy atom. The molecular weight excluding hydrogens is 445 g/mol. The highest BCUT2D eigenvalue weighted by atomic mass is 35.6. The number of hydrogen-bond donors (Lipinski definition) is 1. The predicted octanol–water partition coefficient (Wildman–Crippen LogP) is 3.63. The van der Waals surface area contributed by atoms with Crippen LogP contribution in [-0.4, -0.2) is 54.2 Å². The SMILES string of the molecule is CC(C)(C)OC(=O)N1CCCC[C@@H](NS(=O)(=O)OCC(Cl)(Cl)Cl)[C@@H]1N=[N+]=[N-]. The molecule has 0 radical (unpaired) electrons. The standard InChI is InChI=1S/C13H22Cl3N5O5S/c1-12(2,3)26-11(22)21-7-5-4-6-9(10(21)18-20-17)19-27(23,24)25-8-13(14,15)16/h9-10,19H,4-8H2,1-3H3/t9-,10-/m1/s1. The molecule has 0 bridgehead atoms. The summed E-state index contributed by atoms with van der Waals surface area (Å²) in [6.07, 6.45) is -0.399. The van der Waals surface area contributed by atoms with Crippen molar-refractivity contribution in [3.8, 4) is 0 Å². The third kappa shape index (κ3) is 9.38. The molecule has 1 saturated heterocycles. The lowest BCUT2D eigenvalue weighted by atomic mass is 10.1. The summed E-state index contributed by atoms with van der Waals surface area (Å²) in [5, 5.41) is 3.60. The Kier molecular flexibility index (Phi) is 8.74. The summed E-state index contributed by atoms with van der Waals surface area (Å²) in [4.78, 5) is 16.4. The van der Waals surface area contributed by atoms with Gasteiger partial charge < -0.3 is 4.74 Å². The van der Waals surface area contributed by atoms with Crippen molar-refractivity contribution >= 4 is 51.2 Å². The van der Waals surface area contributed by atoms with E-state index in [1.54, 1.807) is 20.8 Å². The number of carbonyl (C=O) groups is 1. The zero-order valence-corrected chi connectivity index (χ0v) is 18.1. The van der Waals surface area contributed by atoms with E-state index in [1.807, 2.05) is 0 Å². The van der Waals surface area contributed by atoms with Crippen LogP contribution in [0.4, 0.5) is 4.79 Å². The van der Waals surface area contributed by atoms with Crippen molar-refractivity contribution in [3.05, 3.63) is 10.4 Å².